The van der Waals surface area contributed by atoms with Gasteiger partial charge in [0.15, 0.2) is 0 Å². The Morgan fingerprint density at radius 2 is 1.90 bits per heavy atom. The minimum absolute atomic E-state index is 0.0106. The van der Waals surface area contributed by atoms with Crippen LogP contribution in [0.15, 0.2) is 54.2 Å². The molecule has 0 aromatic heterocycles. The van der Waals surface area contributed by atoms with Gasteiger partial charge in [-0.15, -0.1) is 0 Å². The summed E-state index contributed by atoms with van der Waals surface area (Å²) in [7, 11) is 0. The lowest BCUT2D eigenvalue weighted by atomic mass is 9.96. The SMILES string of the molecule is CC1(C)Oc2ccc(OC(F)F)cc2C=C1N1CCN(Cc2ccccc2)CC1=O. The molecule has 4 rings (SSSR count). The Balaban J connectivity index is 1.54. The van der Waals surface area contributed by atoms with E-state index in [1.54, 1.807) is 11.0 Å². The van der Waals surface area contributed by atoms with Crippen molar-refractivity contribution >= 4 is 12.0 Å². The second-order valence-corrected chi connectivity index (χ2v) is 7.96. The average Bonchev–Trinajstić information content (AvgIpc) is 2.68. The minimum Gasteiger partial charge on any atom is -0.481 e. The molecule has 0 radical (unpaired) electrons. The van der Waals surface area contributed by atoms with Gasteiger partial charge < -0.3 is 14.4 Å². The molecule has 2 aliphatic heterocycles. The van der Waals surface area contributed by atoms with Crippen molar-refractivity contribution in [1.82, 2.24) is 9.80 Å². The van der Waals surface area contributed by atoms with Crippen molar-refractivity contribution in [3.63, 3.8) is 0 Å². The van der Waals surface area contributed by atoms with Crippen molar-refractivity contribution in [3.8, 4) is 11.5 Å². The molecule has 1 amide bonds. The van der Waals surface area contributed by atoms with Crippen molar-refractivity contribution in [2.24, 2.45) is 0 Å². The summed E-state index contributed by atoms with van der Waals surface area (Å²) in [6.07, 6.45) is 1.84. The Morgan fingerprint density at radius 3 is 2.60 bits per heavy atom. The second kappa shape index (κ2) is 8.07. The van der Waals surface area contributed by atoms with E-state index in [1.165, 1.54) is 17.7 Å². The van der Waals surface area contributed by atoms with Crippen molar-refractivity contribution in [2.75, 3.05) is 19.6 Å². The zero-order chi connectivity index (χ0) is 21.3. The Bertz CT molecular complexity index is 960. The van der Waals surface area contributed by atoms with Crippen molar-refractivity contribution < 1.29 is 23.0 Å². The van der Waals surface area contributed by atoms with Crippen LogP contribution in [0.2, 0.25) is 0 Å². The number of carbonyl (C=O) groups excluding carboxylic acids is 1. The molecule has 2 aromatic rings. The number of piperazine rings is 1. The Labute approximate surface area is 174 Å². The third kappa shape index (κ3) is 4.31. The zero-order valence-electron chi connectivity index (χ0n) is 17.0. The maximum absolute atomic E-state index is 13.0. The number of rotatable bonds is 5. The van der Waals surface area contributed by atoms with Crippen molar-refractivity contribution in [2.45, 2.75) is 32.6 Å². The van der Waals surface area contributed by atoms with Gasteiger partial charge in [-0.1, -0.05) is 30.3 Å². The highest BCUT2D eigenvalue weighted by molar-refractivity contribution is 5.83. The number of halogens is 2. The summed E-state index contributed by atoms with van der Waals surface area (Å²) in [4.78, 5) is 16.8. The number of fused-ring (bicyclic) bond motifs is 1. The third-order valence-corrected chi connectivity index (χ3v) is 5.32. The molecule has 1 fully saturated rings. The van der Waals surface area contributed by atoms with Gasteiger partial charge in [0, 0.05) is 25.2 Å². The van der Waals surface area contributed by atoms with Gasteiger partial charge in [-0.05, 0) is 43.7 Å². The van der Waals surface area contributed by atoms with E-state index < -0.39 is 12.2 Å². The van der Waals surface area contributed by atoms with E-state index >= 15 is 0 Å². The fourth-order valence-electron chi connectivity index (χ4n) is 3.91. The first kappa shape index (κ1) is 20.3. The first-order chi connectivity index (χ1) is 14.3. The molecule has 1 saturated heterocycles. The van der Waals surface area contributed by atoms with Crippen molar-refractivity contribution in [3.05, 3.63) is 65.4 Å². The summed E-state index contributed by atoms with van der Waals surface area (Å²) < 4.78 is 35.7. The molecule has 0 unspecified atom stereocenters. The van der Waals surface area contributed by atoms with E-state index in [0.717, 1.165) is 13.1 Å². The van der Waals surface area contributed by atoms with Gasteiger partial charge in [-0.25, -0.2) is 0 Å². The second-order valence-electron chi connectivity index (χ2n) is 7.96. The largest absolute Gasteiger partial charge is 0.481 e. The van der Waals surface area contributed by atoms with Gasteiger partial charge in [0.25, 0.3) is 0 Å². The molecule has 0 bridgehead atoms. The van der Waals surface area contributed by atoms with Gasteiger partial charge in [-0.2, -0.15) is 8.78 Å². The van der Waals surface area contributed by atoms with E-state index in [2.05, 4.69) is 9.64 Å². The summed E-state index contributed by atoms with van der Waals surface area (Å²) in [6.45, 7) is 3.19. The van der Waals surface area contributed by atoms with Crippen LogP contribution in [0.1, 0.15) is 25.0 Å². The van der Waals surface area contributed by atoms with Gasteiger partial charge in [-0.3, -0.25) is 9.69 Å². The molecular weight excluding hydrogens is 390 g/mol. The van der Waals surface area contributed by atoms with Crippen LogP contribution >= 0.6 is 0 Å². The van der Waals surface area contributed by atoms with Crippen molar-refractivity contribution in [1.29, 1.82) is 0 Å². The molecule has 0 saturated carbocycles. The van der Waals surface area contributed by atoms with E-state index in [1.807, 2.05) is 50.3 Å². The quantitative estimate of drug-likeness (QED) is 0.737. The highest BCUT2D eigenvalue weighted by atomic mass is 19.3. The normalized spacial score (nSPS) is 18.6. The van der Waals surface area contributed by atoms with Crippen LogP contribution in [-0.4, -0.2) is 47.6 Å². The summed E-state index contributed by atoms with van der Waals surface area (Å²) in [5.74, 6) is 0.616. The topological polar surface area (TPSA) is 42.0 Å². The minimum atomic E-state index is -2.90. The average molecular weight is 414 g/mol. The van der Waals surface area contributed by atoms with Crippen LogP contribution in [0, 0.1) is 0 Å². The van der Waals surface area contributed by atoms with Gasteiger partial charge >= 0.3 is 6.61 Å². The maximum atomic E-state index is 13.0. The maximum Gasteiger partial charge on any atom is 0.387 e. The molecule has 2 aliphatic rings. The lowest BCUT2D eigenvalue weighted by Crippen LogP contribution is -2.53. The van der Waals surface area contributed by atoms with Crippen LogP contribution in [-0.2, 0) is 11.3 Å². The van der Waals surface area contributed by atoms with E-state index in [4.69, 9.17) is 4.74 Å². The molecule has 2 aromatic carbocycles. The molecule has 158 valence electrons. The van der Waals surface area contributed by atoms with E-state index in [-0.39, 0.29) is 11.7 Å². The monoisotopic (exact) mass is 414 g/mol. The van der Waals surface area contributed by atoms with E-state index in [9.17, 15) is 13.6 Å². The number of hydrogen-bond donors (Lipinski definition) is 0. The zero-order valence-corrected chi connectivity index (χ0v) is 17.0. The fourth-order valence-corrected chi connectivity index (χ4v) is 3.91. The molecule has 2 heterocycles. The van der Waals surface area contributed by atoms with Crippen LogP contribution in [0.25, 0.3) is 6.08 Å². The Kier molecular flexibility index (Phi) is 5.47. The third-order valence-electron chi connectivity index (χ3n) is 5.32. The molecule has 30 heavy (non-hydrogen) atoms. The number of benzene rings is 2. The van der Waals surface area contributed by atoms with Crippen LogP contribution in [0.5, 0.6) is 11.5 Å². The lowest BCUT2D eigenvalue weighted by molar-refractivity contribution is -0.135. The molecule has 0 spiro atoms. The Morgan fingerprint density at radius 1 is 1.13 bits per heavy atom. The van der Waals surface area contributed by atoms with Gasteiger partial charge in [0.1, 0.15) is 17.1 Å². The van der Waals surface area contributed by atoms with Crippen LogP contribution in [0.4, 0.5) is 8.78 Å². The number of amides is 1. The Hall–Kier alpha value is -2.93. The molecule has 0 aliphatic carbocycles. The number of alkyl halides is 2. The first-order valence-electron chi connectivity index (χ1n) is 9.88. The fraction of sp³-hybridized carbons (Fsp3) is 0.348. The lowest BCUT2D eigenvalue weighted by Gasteiger charge is -2.42. The first-order valence-corrected chi connectivity index (χ1v) is 9.88. The standard InChI is InChI=1S/C23H24F2N2O3/c1-23(2)20(13-17-12-18(29-22(24)25)8-9-19(17)30-23)27-11-10-26(15-21(27)28)14-16-6-4-3-5-7-16/h3-9,12-13,22H,10-11,14-15H2,1-2H3. The van der Waals surface area contributed by atoms with E-state index in [0.29, 0.717) is 30.1 Å². The molecule has 5 nitrogen and oxygen atoms in total. The number of carbonyl (C=O) groups is 1. The number of hydrogen-bond acceptors (Lipinski definition) is 4. The van der Waals surface area contributed by atoms with Crippen LogP contribution < -0.4 is 9.47 Å². The predicted molar refractivity (Wildman–Crippen MR) is 109 cm³/mol. The summed E-state index contributed by atoms with van der Waals surface area (Å²) in [5, 5.41) is 0. The number of nitrogens with zero attached hydrogens (tertiary/aromatic N) is 2. The summed E-state index contributed by atoms with van der Waals surface area (Å²) >= 11 is 0. The summed E-state index contributed by atoms with van der Waals surface area (Å²) in [5.41, 5.74) is 1.77. The predicted octanol–water partition coefficient (Wildman–Crippen LogP) is 4.14. The highest BCUT2D eigenvalue weighted by Crippen LogP contribution is 2.39. The van der Waals surface area contributed by atoms with Crippen LogP contribution in [0.3, 0.4) is 0 Å². The summed E-state index contributed by atoms with van der Waals surface area (Å²) in [6, 6.07) is 14.6. The number of ether oxygens (including phenoxy) is 2. The molecule has 7 heteroatoms. The molecule has 0 N–H and O–H groups in total. The smallest absolute Gasteiger partial charge is 0.387 e. The van der Waals surface area contributed by atoms with Gasteiger partial charge in [0.2, 0.25) is 5.91 Å². The van der Waals surface area contributed by atoms with Gasteiger partial charge in [0.05, 0.1) is 12.2 Å². The highest BCUT2D eigenvalue weighted by Gasteiger charge is 2.38. The molecule has 0 atom stereocenters. The molecular formula is C23H24F2N2O3.